The Morgan fingerprint density at radius 2 is 1.81 bits per heavy atom. The molecule has 1 aromatic rings. The second-order valence-corrected chi connectivity index (χ2v) is 7.70. The number of nitrogens with one attached hydrogen (secondary N) is 2. The molecule has 0 fully saturated rings. The van der Waals surface area contributed by atoms with Crippen molar-refractivity contribution in [3.8, 4) is 11.8 Å². The van der Waals surface area contributed by atoms with Crippen LogP contribution < -0.4 is 15.2 Å². The van der Waals surface area contributed by atoms with Crippen molar-refractivity contribution in [2.45, 2.75) is 4.90 Å². The molecule has 0 amide bonds. The quantitative estimate of drug-likeness (QED) is 0.448. The summed E-state index contributed by atoms with van der Waals surface area (Å²) in [6.07, 6.45) is 1.00. The van der Waals surface area contributed by atoms with E-state index in [0.29, 0.717) is 5.56 Å². The Morgan fingerprint density at radius 1 is 1.14 bits per heavy atom. The molecule has 0 aromatic heterocycles. The predicted molar refractivity (Wildman–Crippen MR) is 80.4 cm³/mol. The fraction of sp³-hybridized carbons (Fsp3) is 0.333. The van der Waals surface area contributed by atoms with E-state index in [1.807, 2.05) is 0 Å². The molecule has 0 bridgehead atoms. The van der Waals surface area contributed by atoms with E-state index >= 15 is 0 Å². The lowest BCUT2D eigenvalue weighted by atomic mass is 10.2. The Balaban J connectivity index is 2.74. The molecule has 0 aliphatic rings. The van der Waals surface area contributed by atoms with Gasteiger partial charge in [0, 0.05) is 18.7 Å². The maximum absolute atomic E-state index is 12.0. The first-order chi connectivity index (χ1) is 9.74. The minimum absolute atomic E-state index is 0.0231. The summed E-state index contributed by atoms with van der Waals surface area (Å²) >= 11 is 0. The average Bonchev–Trinajstić information content (AvgIpc) is 2.41. The summed E-state index contributed by atoms with van der Waals surface area (Å²) in [5.74, 6) is 5.38. The molecule has 0 radical (unpaired) electrons. The molecule has 0 atom stereocenters. The normalized spacial score (nSPS) is 11.7. The molecule has 0 saturated heterocycles. The third-order valence-electron chi connectivity index (χ3n) is 2.26. The molecular formula is C12H17N3O4S2. The van der Waals surface area contributed by atoms with Crippen molar-refractivity contribution in [1.82, 2.24) is 9.44 Å². The molecule has 0 heterocycles. The van der Waals surface area contributed by atoms with Crippen LogP contribution in [0.25, 0.3) is 0 Å². The lowest BCUT2D eigenvalue weighted by Gasteiger charge is -2.07. The van der Waals surface area contributed by atoms with Crippen molar-refractivity contribution >= 4 is 20.0 Å². The highest BCUT2D eigenvalue weighted by atomic mass is 32.2. The minimum atomic E-state index is -3.71. The van der Waals surface area contributed by atoms with Gasteiger partial charge in [0.25, 0.3) is 0 Å². The van der Waals surface area contributed by atoms with E-state index in [1.165, 1.54) is 12.1 Å². The molecule has 4 N–H and O–H groups in total. The van der Waals surface area contributed by atoms with Crippen LogP contribution in [0.15, 0.2) is 29.2 Å². The second kappa shape index (κ2) is 7.53. The van der Waals surface area contributed by atoms with E-state index in [1.54, 1.807) is 12.1 Å². The number of nitrogens with two attached hydrogens (primary N) is 1. The lowest BCUT2D eigenvalue weighted by molar-refractivity contribution is 0.573. The first kappa shape index (κ1) is 17.6. The predicted octanol–water partition coefficient (Wildman–Crippen LogP) is -1.18. The highest BCUT2D eigenvalue weighted by Crippen LogP contribution is 2.10. The van der Waals surface area contributed by atoms with Gasteiger partial charge in [0.2, 0.25) is 20.0 Å². The van der Waals surface area contributed by atoms with Gasteiger partial charge >= 0.3 is 0 Å². The van der Waals surface area contributed by atoms with E-state index in [2.05, 4.69) is 21.3 Å². The zero-order chi connectivity index (χ0) is 15.9. The van der Waals surface area contributed by atoms with E-state index in [9.17, 15) is 16.8 Å². The number of rotatable bonds is 6. The second-order valence-electron chi connectivity index (χ2n) is 4.10. The summed E-state index contributed by atoms with van der Waals surface area (Å²) in [4.78, 5) is 0.0608. The maximum atomic E-state index is 12.0. The number of benzene rings is 1. The zero-order valence-corrected chi connectivity index (χ0v) is 13.1. The van der Waals surface area contributed by atoms with E-state index in [-0.39, 0.29) is 24.5 Å². The molecule has 0 saturated carbocycles. The zero-order valence-electron chi connectivity index (χ0n) is 11.5. The van der Waals surface area contributed by atoms with Gasteiger partial charge < -0.3 is 5.73 Å². The third kappa shape index (κ3) is 6.70. The van der Waals surface area contributed by atoms with Crippen LogP contribution in [0.2, 0.25) is 0 Å². The SMILES string of the molecule is CS(=O)(=O)NCCNS(=O)(=O)c1cccc(C#CCN)c1. The van der Waals surface area contributed by atoms with E-state index in [0.717, 1.165) is 6.26 Å². The molecule has 0 spiro atoms. The molecule has 1 aromatic carbocycles. The average molecular weight is 331 g/mol. The fourth-order valence-corrected chi connectivity index (χ4v) is 2.95. The molecule has 0 aliphatic carbocycles. The highest BCUT2D eigenvalue weighted by molar-refractivity contribution is 7.89. The van der Waals surface area contributed by atoms with Gasteiger partial charge in [-0.1, -0.05) is 17.9 Å². The molecule has 0 unspecified atom stereocenters. The van der Waals surface area contributed by atoms with Crippen molar-refractivity contribution < 1.29 is 16.8 Å². The summed E-state index contributed by atoms with van der Waals surface area (Å²) in [5.41, 5.74) is 5.80. The number of hydrogen-bond donors (Lipinski definition) is 3. The van der Waals surface area contributed by atoms with Crippen LogP contribution in [-0.4, -0.2) is 42.7 Å². The Bertz CT molecular complexity index is 746. The van der Waals surface area contributed by atoms with Gasteiger partial charge in [0.05, 0.1) is 17.7 Å². The van der Waals surface area contributed by atoms with Gasteiger partial charge in [0.15, 0.2) is 0 Å². The Morgan fingerprint density at radius 3 is 2.43 bits per heavy atom. The van der Waals surface area contributed by atoms with Crippen molar-refractivity contribution in [3.05, 3.63) is 29.8 Å². The first-order valence-corrected chi connectivity index (χ1v) is 9.35. The van der Waals surface area contributed by atoms with Gasteiger partial charge in [-0.25, -0.2) is 26.3 Å². The molecule has 1 rings (SSSR count). The molecule has 21 heavy (non-hydrogen) atoms. The molecule has 9 heteroatoms. The Labute approximate surface area is 125 Å². The van der Waals surface area contributed by atoms with Crippen LogP contribution in [0.3, 0.4) is 0 Å². The standard InChI is InChI=1S/C12H17N3O4S2/c1-20(16,17)14-8-9-15-21(18,19)12-6-2-4-11(10-12)5-3-7-13/h2,4,6,10,14-15H,7-9,13H2,1H3. The monoisotopic (exact) mass is 331 g/mol. The number of sulfonamides is 2. The van der Waals surface area contributed by atoms with Crippen LogP contribution in [0.4, 0.5) is 0 Å². The van der Waals surface area contributed by atoms with Crippen LogP contribution in [0, 0.1) is 11.8 Å². The Kier molecular flexibility index (Phi) is 6.32. The highest BCUT2D eigenvalue weighted by Gasteiger charge is 2.13. The fourth-order valence-electron chi connectivity index (χ4n) is 1.40. The summed E-state index contributed by atoms with van der Waals surface area (Å²) in [7, 11) is -7.05. The van der Waals surface area contributed by atoms with Gasteiger partial charge in [0.1, 0.15) is 0 Å². The van der Waals surface area contributed by atoms with Gasteiger partial charge in [-0.3, -0.25) is 0 Å². The smallest absolute Gasteiger partial charge is 0.240 e. The van der Waals surface area contributed by atoms with Crippen molar-refractivity contribution in [1.29, 1.82) is 0 Å². The van der Waals surface area contributed by atoms with E-state index < -0.39 is 20.0 Å². The van der Waals surface area contributed by atoms with Crippen molar-refractivity contribution in [2.24, 2.45) is 5.73 Å². The van der Waals surface area contributed by atoms with Gasteiger partial charge in [-0.2, -0.15) is 0 Å². The van der Waals surface area contributed by atoms with Crippen LogP contribution in [-0.2, 0) is 20.0 Å². The summed E-state index contributed by atoms with van der Waals surface area (Å²) in [5, 5.41) is 0. The first-order valence-electron chi connectivity index (χ1n) is 5.98. The Hall–Kier alpha value is -1.44. The van der Waals surface area contributed by atoms with Crippen LogP contribution >= 0.6 is 0 Å². The van der Waals surface area contributed by atoms with Gasteiger partial charge in [-0.15, -0.1) is 0 Å². The van der Waals surface area contributed by atoms with E-state index in [4.69, 9.17) is 5.73 Å². The van der Waals surface area contributed by atoms with Crippen LogP contribution in [0.5, 0.6) is 0 Å². The molecule has 0 aliphatic heterocycles. The molecule has 116 valence electrons. The summed E-state index contributed by atoms with van der Waals surface area (Å²) in [6, 6.07) is 6.10. The lowest BCUT2D eigenvalue weighted by Crippen LogP contribution is -2.34. The van der Waals surface area contributed by atoms with Gasteiger partial charge in [-0.05, 0) is 18.2 Å². The number of hydrogen-bond acceptors (Lipinski definition) is 5. The molecular weight excluding hydrogens is 314 g/mol. The van der Waals surface area contributed by atoms with Crippen molar-refractivity contribution in [2.75, 3.05) is 25.9 Å². The van der Waals surface area contributed by atoms with Crippen molar-refractivity contribution in [3.63, 3.8) is 0 Å². The van der Waals surface area contributed by atoms with Crippen LogP contribution in [0.1, 0.15) is 5.56 Å². The third-order valence-corrected chi connectivity index (χ3v) is 4.45. The maximum Gasteiger partial charge on any atom is 0.240 e. The summed E-state index contributed by atoms with van der Waals surface area (Å²) in [6.45, 7) is 0.116. The molecule has 7 nitrogen and oxygen atoms in total. The summed E-state index contributed by atoms with van der Waals surface area (Å²) < 4.78 is 50.3. The minimum Gasteiger partial charge on any atom is -0.320 e. The largest absolute Gasteiger partial charge is 0.320 e. The topological polar surface area (TPSA) is 118 Å².